The Morgan fingerprint density at radius 3 is 2.83 bits per heavy atom. The van der Waals surface area contributed by atoms with Gasteiger partial charge in [0, 0.05) is 25.7 Å². The highest BCUT2D eigenvalue weighted by molar-refractivity contribution is 5.37. The summed E-state index contributed by atoms with van der Waals surface area (Å²) in [6, 6.07) is 16.6. The summed E-state index contributed by atoms with van der Waals surface area (Å²) < 4.78 is 11.4. The number of nitrogens with zero attached hydrogens (tertiary/aromatic N) is 2. The molecule has 2 aromatic rings. The minimum Gasteiger partial charge on any atom is -0.491 e. The van der Waals surface area contributed by atoms with Crippen molar-refractivity contribution < 1.29 is 14.4 Å². The van der Waals surface area contributed by atoms with E-state index in [0.29, 0.717) is 19.0 Å². The number of benzene rings is 2. The van der Waals surface area contributed by atoms with Crippen LogP contribution in [0.5, 0.6) is 5.75 Å². The van der Waals surface area contributed by atoms with E-state index in [-0.39, 0.29) is 11.8 Å². The Hall–Kier alpha value is -2.44. The van der Waals surface area contributed by atoms with Crippen LogP contribution < -0.4 is 4.74 Å². The fraction of sp³-hybridized carbons (Fsp3) is 0.333. The molecule has 3 rings (SSSR count). The predicted molar refractivity (Wildman–Crippen MR) is 90.1 cm³/mol. The maximum Gasteiger partial charge on any atom is 0.273 e. The number of hydrogen-bond donors (Lipinski definition) is 0. The van der Waals surface area contributed by atoms with Gasteiger partial charge in [-0.25, -0.2) is 0 Å². The third-order valence-corrected chi connectivity index (χ3v) is 3.94. The van der Waals surface area contributed by atoms with E-state index in [9.17, 15) is 10.1 Å². The van der Waals surface area contributed by atoms with Gasteiger partial charge >= 0.3 is 0 Å². The van der Waals surface area contributed by atoms with Crippen LogP contribution in [0.15, 0.2) is 54.6 Å². The largest absolute Gasteiger partial charge is 0.491 e. The molecule has 2 aromatic carbocycles. The molecule has 0 unspecified atom stereocenters. The molecule has 0 spiro atoms. The van der Waals surface area contributed by atoms with Gasteiger partial charge in [0.15, 0.2) is 0 Å². The van der Waals surface area contributed by atoms with E-state index in [1.54, 1.807) is 12.1 Å². The topological polar surface area (TPSA) is 64.8 Å². The lowest BCUT2D eigenvalue weighted by Crippen LogP contribution is -2.44. The van der Waals surface area contributed by atoms with Crippen molar-refractivity contribution in [1.29, 1.82) is 0 Å². The van der Waals surface area contributed by atoms with Crippen molar-refractivity contribution in [1.82, 2.24) is 4.90 Å². The summed E-state index contributed by atoms with van der Waals surface area (Å²) in [6.45, 7) is 3.60. The lowest BCUT2D eigenvalue weighted by atomic mass is 10.2. The molecule has 1 fully saturated rings. The molecule has 0 aliphatic carbocycles. The summed E-state index contributed by atoms with van der Waals surface area (Å²) in [7, 11) is 0. The summed E-state index contributed by atoms with van der Waals surface area (Å²) in [6.07, 6.45) is -0.0401. The Labute approximate surface area is 140 Å². The van der Waals surface area contributed by atoms with Gasteiger partial charge in [-0.1, -0.05) is 36.4 Å². The van der Waals surface area contributed by atoms with Crippen LogP contribution in [0.3, 0.4) is 0 Å². The maximum absolute atomic E-state index is 10.8. The molecule has 0 radical (unpaired) electrons. The Kier molecular flexibility index (Phi) is 5.40. The molecule has 1 aliphatic heterocycles. The quantitative estimate of drug-likeness (QED) is 0.602. The number of nitro benzene ring substituents is 1. The third kappa shape index (κ3) is 4.53. The van der Waals surface area contributed by atoms with Gasteiger partial charge in [0.05, 0.1) is 17.6 Å². The molecular formula is C18H20N2O4. The normalized spacial score (nSPS) is 18.2. The molecule has 0 bridgehead atoms. The predicted octanol–water partition coefficient (Wildman–Crippen LogP) is 2.87. The molecule has 0 aromatic heterocycles. The van der Waals surface area contributed by atoms with Crippen LogP contribution in [-0.2, 0) is 11.3 Å². The van der Waals surface area contributed by atoms with Gasteiger partial charge in [0.2, 0.25) is 0 Å². The standard InChI is InChI=1S/C18H20N2O4/c21-20(22)16-7-4-8-17(11-16)24-14-18-13-19(9-10-23-18)12-15-5-2-1-3-6-15/h1-8,11,18H,9-10,12-14H2/t18-/m0/s1. The zero-order valence-corrected chi connectivity index (χ0v) is 13.3. The molecule has 0 amide bonds. The van der Waals surface area contributed by atoms with E-state index in [1.807, 2.05) is 18.2 Å². The van der Waals surface area contributed by atoms with Gasteiger partial charge in [-0.15, -0.1) is 0 Å². The first kappa shape index (κ1) is 16.4. The van der Waals surface area contributed by atoms with Gasteiger partial charge in [0.25, 0.3) is 5.69 Å². The summed E-state index contributed by atoms with van der Waals surface area (Å²) in [4.78, 5) is 12.7. The molecular weight excluding hydrogens is 308 g/mol. The van der Waals surface area contributed by atoms with Crippen LogP contribution in [0.1, 0.15) is 5.56 Å². The first-order valence-corrected chi connectivity index (χ1v) is 7.96. The summed E-state index contributed by atoms with van der Waals surface area (Å²) in [5.41, 5.74) is 1.31. The Balaban J connectivity index is 1.52. The van der Waals surface area contributed by atoms with Gasteiger partial charge in [-0.3, -0.25) is 15.0 Å². The molecule has 0 N–H and O–H groups in total. The van der Waals surface area contributed by atoms with Gasteiger partial charge in [0.1, 0.15) is 18.5 Å². The Bertz CT molecular complexity index is 678. The minimum atomic E-state index is -0.425. The number of rotatable bonds is 6. The Morgan fingerprint density at radius 2 is 2.04 bits per heavy atom. The van der Waals surface area contributed by atoms with E-state index < -0.39 is 4.92 Å². The molecule has 1 atom stereocenters. The molecule has 1 saturated heterocycles. The second-order valence-electron chi connectivity index (χ2n) is 5.78. The van der Waals surface area contributed by atoms with Crippen molar-refractivity contribution in [2.45, 2.75) is 12.6 Å². The van der Waals surface area contributed by atoms with Gasteiger partial charge in [-0.2, -0.15) is 0 Å². The molecule has 6 nitrogen and oxygen atoms in total. The fourth-order valence-corrected chi connectivity index (χ4v) is 2.74. The van der Waals surface area contributed by atoms with E-state index in [0.717, 1.165) is 19.6 Å². The molecule has 126 valence electrons. The zero-order valence-electron chi connectivity index (χ0n) is 13.3. The monoisotopic (exact) mass is 328 g/mol. The van der Waals surface area contributed by atoms with Crippen LogP contribution in [0.2, 0.25) is 0 Å². The van der Waals surface area contributed by atoms with Crippen LogP contribution in [-0.4, -0.2) is 42.2 Å². The van der Waals surface area contributed by atoms with Crippen molar-refractivity contribution in [3.8, 4) is 5.75 Å². The van der Waals surface area contributed by atoms with Crippen LogP contribution in [0, 0.1) is 10.1 Å². The van der Waals surface area contributed by atoms with Crippen LogP contribution >= 0.6 is 0 Å². The van der Waals surface area contributed by atoms with Crippen LogP contribution in [0.4, 0.5) is 5.69 Å². The van der Waals surface area contributed by atoms with Crippen LogP contribution in [0.25, 0.3) is 0 Å². The number of ether oxygens (including phenoxy) is 2. The highest BCUT2D eigenvalue weighted by Gasteiger charge is 2.21. The van der Waals surface area contributed by atoms with E-state index in [1.165, 1.54) is 17.7 Å². The van der Waals surface area contributed by atoms with Crippen molar-refractivity contribution in [3.05, 3.63) is 70.3 Å². The highest BCUT2D eigenvalue weighted by Crippen LogP contribution is 2.20. The molecule has 0 saturated carbocycles. The second kappa shape index (κ2) is 7.90. The summed E-state index contributed by atoms with van der Waals surface area (Å²) in [5.74, 6) is 0.494. The molecule has 1 aliphatic rings. The summed E-state index contributed by atoms with van der Waals surface area (Å²) in [5, 5.41) is 10.8. The van der Waals surface area contributed by atoms with Crippen molar-refractivity contribution in [3.63, 3.8) is 0 Å². The molecule has 1 heterocycles. The first-order valence-electron chi connectivity index (χ1n) is 7.96. The maximum atomic E-state index is 10.8. The van der Waals surface area contributed by atoms with E-state index in [4.69, 9.17) is 9.47 Å². The second-order valence-corrected chi connectivity index (χ2v) is 5.78. The third-order valence-electron chi connectivity index (χ3n) is 3.94. The minimum absolute atomic E-state index is 0.0303. The molecule has 6 heteroatoms. The SMILES string of the molecule is O=[N+]([O-])c1cccc(OC[C@@H]2CN(Cc3ccccc3)CCO2)c1. The Morgan fingerprint density at radius 1 is 1.21 bits per heavy atom. The first-order chi connectivity index (χ1) is 11.7. The van der Waals surface area contributed by atoms with Crippen molar-refractivity contribution in [2.24, 2.45) is 0 Å². The number of morpholine rings is 1. The van der Waals surface area contributed by atoms with E-state index in [2.05, 4.69) is 17.0 Å². The van der Waals surface area contributed by atoms with Gasteiger partial charge in [-0.05, 0) is 11.6 Å². The zero-order chi connectivity index (χ0) is 16.8. The smallest absolute Gasteiger partial charge is 0.273 e. The van der Waals surface area contributed by atoms with Gasteiger partial charge < -0.3 is 9.47 Å². The highest BCUT2D eigenvalue weighted by atomic mass is 16.6. The number of nitro groups is 1. The average Bonchev–Trinajstić information content (AvgIpc) is 2.61. The lowest BCUT2D eigenvalue weighted by molar-refractivity contribution is -0.384. The van der Waals surface area contributed by atoms with E-state index >= 15 is 0 Å². The van der Waals surface area contributed by atoms with Crippen molar-refractivity contribution >= 4 is 5.69 Å². The lowest BCUT2D eigenvalue weighted by Gasteiger charge is -2.32. The average molecular weight is 328 g/mol. The van der Waals surface area contributed by atoms with Crippen molar-refractivity contribution in [2.75, 3.05) is 26.3 Å². The number of hydrogen-bond acceptors (Lipinski definition) is 5. The number of non-ortho nitro benzene ring substituents is 1. The fourth-order valence-electron chi connectivity index (χ4n) is 2.74. The molecule has 24 heavy (non-hydrogen) atoms. The summed E-state index contributed by atoms with van der Waals surface area (Å²) >= 11 is 0.